The van der Waals surface area contributed by atoms with E-state index in [1.165, 1.54) is 5.56 Å². The van der Waals surface area contributed by atoms with E-state index in [1.807, 2.05) is 12.1 Å². The van der Waals surface area contributed by atoms with Gasteiger partial charge in [0.25, 0.3) is 0 Å². The van der Waals surface area contributed by atoms with Crippen molar-refractivity contribution in [1.82, 2.24) is 5.32 Å². The molecule has 0 bridgehead atoms. The molecule has 0 saturated heterocycles. The van der Waals surface area contributed by atoms with E-state index < -0.39 is 0 Å². The Balaban J connectivity index is 2.81. The van der Waals surface area contributed by atoms with Gasteiger partial charge < -0.3 is 15.8 Å². The fraction of sp³-hybridized carbons (Fsp3) is 0.462. The van der Waals surface area contributed by atoms with Crippen molar-refractivity contribution < 1.29 is 9.53 Å². The van der Waals surface area contributed by atoms with Gasteiger partial charge in [0.1, 0.15) is 5.75 Å². The van der Waals surface area contributed by atoms with E-state index in [9.17, 15) is 4.79 Å². The fourth-order valence-corrected chi connectivity index (χ4v) is 1.53. The van der Waals surface area contributed by atoms with E-state index in [1.54, 1.807) is 7.11 Å². The molecule has 3 N–H and O–H groups in total. The summed E-state index contributed by atoms with van der Waals surface area (Å²) in [6.07, 6.45) is 0. The van der Waals surface area contributed by atoms with E-state index in [2.05, 4.69) is 25.2 Å². The minimum Gasteiger partial charge on any atom is -0.496 e. The van der Waals surface area contributed by atoms with Crippen LogP contribution in [0.2, 0.25) is 0 Å². The van der Waals surface area contributed by atoms with Crippen LogP contribution in [-0.4, -0.2) is 19.6 Å². The molecule has 94 valence electrons. The van der Waals surface area contributed by atoms with Gasteiger partial charge in [-0.25, -0.2) is 0 Å². The van der Waals surface area contributed by atoms with E-state index >= 15 is 0 Å². The van der Waals surface area contributed by atoms with Gasteiger partial charge in [-0.15, -0.1) is 0 Å². The standard InChI is InChI=1S/C13H20N2O2/c1-9(2)10-4-5-11(12(6-10)17-3)8-15-13(16)7-14/h4-6,9H,7-8,14H2,1-3H3,(H,15,16). The Labute approximate surface area is 102 Å². The van der Waals surface area contributed by atoms with Crippen molar-refractivity contribution in [3.8, 4) is 5.75 Å². The molecule has 4 heteroatoms. The maximum atomic E-state index is 11.1. The molecular weight excluding hydrogens is 216 g/mol. The highest BCUT2D eigenvalue weighted by Crippen LogP contribution is 2.24. The molecule has 0 fully saturated rings. The first-order valence-corrected chi connectivity index (χ1v) is 5.72. The quantitative estimate of drug-likeness (QED) is 0.812. The van der Waals surface area contributed by atoms with Gasteiger partial charge in [0, 0.05) is 12.1 Å². The number of carbonyl (C=O) groups excluding carboxylic acids is 1. The van der Waals surface area contributed by atoms with Crippen molar-refractivity contribution >= 4 is 5.91 Å². The van der Waals surface area contributed by atoms with Gasteiger partial charge in [-0.1, -0.05) is 26.0 Å². The summed E-state index contributed by atoms with van der Waals surface area (Å²) >= 11 is 0. The van der Waals surface area contributed by atoms with Gasteiger partial charge in [0.15, 0.2) is 0 Å². The summed E-state index contributed by atoms with van der Waals surface area (Å²) in [7, 11) is 1.63. The molecule has 0 unspecified atom stereocenters. The molecule has 1 amide bonds. The number of hydrogen-bond donors (Lipinski definition) is 2. The zero-order valence-corrected chi connectivity index (χ0v) is 10.6. The van der Waals surface area contributed by atoms with Crippen molar-refractivity contribution in [3.63, 3.8) is 0 Å². The van der Waals surface area contributed by atoms with Crippen molar-refractivity contribution in [1.29, 1.82) is 0 Å². The lowest BCUT2D eigenvalue weighted by atomic mass is 10.0. The molecule has 0 saturated carbocycles. The molecule has 0 aliphatic heterocycles. The number of hydrogen-bond acceptors (Lipinski definition) is 3. The zero-order valence-electron chi connectivity index (χ0n) is 10.6. The first-order valence-electron chi connectivity index (χ1n) is 5.72. The van der Waals surface area contributed by atoms with Crippen molar-refractivity contribution in [2.45, 2.75) is 26.3 Å². The number of methoxy groups -OCH3 is 1. The zero-order chi connectivity index (χ0) is 12.8. The highest BCUT2D eigenvalue weighted by Gasteiger charge is 2.07. The highest BCUT2D eigenvalue weighted by molar-refractivity contribution is 5.77. The minimum atomic E-state index is -0.167. The molecular formula is C13H20N2O2. The summed E-state index contributed by atoms with van der Waals surface area (Å²) in [6.45, 7) is 4.71. The number of nitrogens with one attached hydrogen (secondary N) is 1. The molecule has 0 aromatic heterocycles. The number of benzene rings is 1. The number of amides is 1. The van der Waals surface area contributed by atoms with Crippen LogP contribution in [0.25, 0.3) is 0 Å². The largest absolute Gasteiger partial charge is 0.496 e. The fourth-order valence-electron chi connectivity index (χ4n) is 1.53. The summed E-state index contributed by atoms with van der Waals surface area (Å²) in [5.41, 5.74) is 7.40. The normalized spacial score (nSPS) is 10.4. The third-order valence-corrected chi connectivity index (χ3v) is 2.64. The summed E-state index contributed by atoms with van der Waals surface area (Å²) in [4.78, 5) is 11.1. The van der Waals surface area contributed by atoms with Gasteiger partial charge in [-0.3, -0.25) is 4.79 Å². The topological polar surface area (TPSA) is 64.3 Å². The van der Waals surface area contributed by atoms with Crippen LogP contribution in [0.4, 0.5) is 0 Å². The van der Waals surface area contributed by atoms with Crippen LogP contribution in [0.5, 0.6) is 5.75 Å². The van der Waals surface area contributed by atoms with E-state index in [0.29, 0.717) is 12.5 Å². The Bertz CT molecular complexity index is 389. The second-order valence-corrected chi connectivity index (χ2v) is 4.21. The predicted octanol–water partition coefficient (Wildman–Crippen LogP) is 1.39. The second-order valence-electron chi connectivity index (χ2n) is 4.21. The smallest absolute Gasteiger partial charge is 0.234 e. The second kappa shape index (κ2) is 6.25. The first kappa shape index (κ1) is 13.5. The van der Waals surface area contributed by atoms with Gasteiger partial charge in [0.2, 0.25) is 5.91 Å². The van der Waals surface area contributed by atoms with E-state index in [4.69, 9.17) is 10.5 Å². The first-order chi connectivity index (χ1) is 8.08. The van der Waals surface area contributed by atoms with Crippen LogP contribution >= 0.6 is 0 Å². The molecule has 4 nitrogen and oxygen atoms in total. The molecule has 0 aliphatic carbocycles. The molecule has 0 aliphatic rings. The Kier molecular flexibility index (Phi) is 4.97. The lowest BCUT2D eigenvalue weighted by Gasteiger charge is -2.13. The molecule has 1 aromatic rings. The van der Waals surface area contributed by atoms with Crippen LogP contribution in [0.3, 0.4) is 0 Å². The Hall–Kier alpha value is -1.55. The third kappa shape index (κ3) is 3.75. The monoisotopic (exact) mass is 236 g/mol. The highest BCUT2D eigenvalue weighted by atomic mass is 16.5. The SMILES string of the molecule is COc1cc(C(C)C)ccc1CNC(=O)CN. The Morgan fingerprint density at radius 2 is 2.18 bits per heavy atom. The van der Waals surface area contributed by atoms with Crippen LogP contribution in [0.15, 0.2) is 18.2 Å². The Morgan fingerprint density at radius 1 is 1.47 bits per heavy atom. The maximum absolute atomic E-state index is 11.1. The number of carbonyl (C=O) groups is 1. The number of ether oxygens (including phenoxy) is 1. The number of nitrogens with two attached hydrogens (primary N) is 1. The van der Waals surface area contributed by atoms with Crippen molar-refractivity contribution in [2.24, 2.45) is 5.73 Å². The van der Waals surface area contributed by atoms with E-state index in [0.717, 1.165) is 11.3 Å². The van der Waals surface area contributed by atoms with E-state index in [-0.39, 0.29) is 12.5 Å². The predicted molar refractivity (Wildman–Crippen MR) is 68.0 cm³/mol. The summed E-state index contributed by atoms with van der Waals surface area (Å²) in [5.74, 6) is 1.09. The van der Waals surface area contributed by atoms with Gasteiger partial charge in [0.05, 0.1) is 13.7 Å². The van der Waals surface area contributed by atoms with Gasteiger partial charge in [-0.05, 0) is 17.5 Å². The van der Waals surface area contributed by atoms with Gasteiger partial charge in [-0.2, -0.15) is 0 Å². The van der Waals surface area contributed by atoms with Gasteiger partial charge >= 0.3 is 0 Å². The summed E-state index contributed by atoms with van der Waals surface area (Å²) in [5, 5.41) is 2.73. The molecule has 0 heterocycles. The maximum Gasteiger partial charge on any atom is 0.234 e. The number of rotatable bonds is 5. The molecule has 0 atom stereocenters. The molecule has 0 spiro atoms. The van der Waals surface area contributed by atoms with Crippen LogP contribution in [0.1, 0.15) is 30.9 Å². The summed E-state index contributed by atoms with van der Waals surface area (Å²) < 4.78 is 5.32. The third-order valence-electron chi connectivity index (χ3n) is 2.64. The molecule has 0 radical (unpaired) electrons. The average molecular weight is 236 g/mol. The lowest BCUT2D eigenvalue weighted by Crippen LogP contribution is -2.29. The Morgan fingerprint density at radius 3 is 2.71 bits per heavy atom. The average Bonchev–Trinajstić information content (AvgIpc) is 2.35. The van der Waals surface area contributed by atoms with Crippen molar-refractivity contribution in [2.75, 3.05) is 13.7 Å². The summed E-state index contributed by atoms with van der Waals surface area (Å²) in [6, 6.07) is 6.04. The van der Waals surface area contributed by atoms with Crippen LogP contribution in [0, 0.1) is 0 Å². The molecule has 1 rings (SSSR count). The molecule has 17 heavy (non-hydrogen) atoms. The lowest BCUT2D eigenvalue weighted by molar-refractivity contribution is -0.119. The van der Waals surface area contributed by atoms with Crippen LogP contribution in [-0.2, 0) is 11.3 Å². The molecule has 1 aromatic carbocycles. The minimum absolute atomic E-state index is 0.00634. The van der Waals surface area contributed by atoms with Crippen LogP contribution < -0.4 is 15.8 Å². The van der Waals surface area contributed by atoms with Crippen molar-refractivity contribution in [3.05, 3.63) is 29.3 Å².